The van der Waals surface area contributed by atoms with Crippen molar-refractivity contribution < 1.29 is 4.39 Å². The van der Waals surface area contributed by atoms with Gasteiger partial charge in [0.2, 0.25) is 0 Å². The van der Waals surface area contributed by atoms with Crippen molar-refractivity contribution in [3.8, 4) is 11.8 Å². The van der Waals surface area contributed by atoms with Crippen molar-refractivity contribution in [1.29, 1.82) is 5.26 Å². The molecule has 1 aliphatic rings. The fourth-order valence-electron chi connectivity index (χ4n) is 3.72. The Balaban J connectivity index is 1.70. The monoisotopic (exact) mass is 415 g/mol. The molecule has 0 amide bonds. The minimum absolute atomic E-state index is 0.238. The number of rotatable bonds is 5. The van der Waals surface area contributed by atoms with Crippen molar-refractivity contribution in [3.05, 3.63) is 92.6 Å². The molecule has 0 N–H and O–H groups in total. The topological polar surface area (TPSA) is 85.6 Å². The quantitative estimate of drug-likeness (QED) is 0.502. The minimum atomic E-state index is -0.473. The van der Waals surface area contributed by atoms with Crippen molar-refractivity contribution in [1.82, 2.24) is 18.7 Å². The zero-order valence-electron chi connectivity index (χ0n) is 16.5. The second-order valence-corrected chi connectivity index (χ2v) is 7.81. The van der Waals surface area contributed by atoms with E-state index in [4.69, 9.17) is 5.26 Å². The van der Waals surface area contributed by atoms with E-state index in [9.17, 15) is 14.0 Å². The van der Waals surface area contributed by atoms with Gasteiger partial charge >= 0.3 is 5.69 Å². The van der Waals surface area contributed by atoms with Crippen LogP contribution in [0.5, 0.6) is 0 Å². The molecule has 0 unspecified atom stereocenters. The number of hydrogen-bond acceptors (Lipinski definition) is 4. The number of nitriles is 1. The van der Waals surface area contributed by atoms with E-state index in [0.29, 0.717) is 35.8 Å². The fraction of sp³-hybridized carbons (Fsp3) is 0.217. The Morgan fingerprint density at radius 3 is 2.42 bits per heavy atom. The molecular weight excluding hydrogens is 397 g/mol. The Kier molecular flexibility index (Phi) is 4.51. The SMILES string of the molecule is N#Cc1ccc(Cn2cnc3c2c(=O)n(CC2CC2)c(=O)n3-c2ccc(F)cc2)cc1. The third-order valence-corrected chi connectivity index (χ3v) is 5.56. The highest BCUT2D eigenvalue weighted by atomic mass is 19.1. The van der Waals surface area contributed by atoms with Crippen LogP contribution in [-0.4, -0.2) is 18.7 Å². The van der Waals surface area contributed by atoms with Crippen molar-refractivity contribution in [2.45, 2.75) is 25.9 Å². The number of nitrogens with zero attached hydrogens (tertiary/aromatic N) is 5. The molecule has 0 radical (unpaired) electrons. The van der Waals surface area contributed by atoms with Gasteiger partial charge in [0, 0.05) is 13.1 Å². The van der Waals surface area contributed by atoms with Crippen LogP contribution in [0.2, 0.25) is 0 Å². The highest BCUT2D eigenvalue weighted by Crippen LogP contribution is 2.30. The largest absolute Gasteiger partial charge is 0.337 e. The van der Waals surface area contributed by atoms with Crippen molar-refractivity contribution in [2.75, 3.05) is 0 Å². The molecule has 1 aliphatic carbocycles. The standard InChI is InChI=1S/C23H18FN5O2/c24-18-7-9-19(10-8-18)29-21-20(22(30)28(23(29)31)13-17-5-6-17)27(14-26-21)12-16-3-1-15(11-25)2-4-16/h1-4,7-10,14,17H,5-6,12-13H2. The Morgan fingerprint density at radius 1 is 1.06 bits per heavy atom. The van der Waals surface area contributed by atoms with Crippen molar-refractivity contribution in [2.24, 2.45) is 5.92 Å². The first-order valence-corrected chi connectivity index (χ1v) is 10.0. The summed E-state index contributed by atoms with van der Waals surface area (Å²) in [5.74, 6) is -0.0925. The van der Waals surface area contributed by atoms with Crippen LogP contribution in [0, 0.1) is 23.1 Å². The van der Waals surface area contributed by atoms with Gasteiger partial charge in [0.05, 0.1) is 23.6 Å². The molecule has 154 valence electrons. The highest BCUT2D eigenvalue weighted by Gasteiger charge is 2.26. The highest BCUT2D eigenvalue weighted by molar-refractivity contribution is 5.72. The summed E-state index contributed by atoms with van der Waals surface area (Å²) < 4.78 is 17.8. The second kappa shape index (κ2) is 7.36. The van der Waals surface area contributed by atoms with E-state index >= 15 is 0 Å². The molecule has 0 bridgehead atoms. The average Bonchev–Trinajstić information content (AvgIpc) is 3.51. The molecule has 2 aromatic heterocycles. The third kappa shape index (κ3) is 3.44. The van der Waals surface area contributed by atoms with Gasteiger partial charge in [0.25, 0.3) is 5.56 Å². The molecule has 0 atom stereocenters. The zero-order valence-corrected chi connectivity index (χ0v) is 16.5. The van der Waals surface area contributed by atoms with E-state index in [1.54, 1.807) is 16.7 Å². The summed E-state index contributed by atoms with van der Waals surface area (Å²) in [4.78, 5) is 30.9. The van der Waals surface area contributed by atoms with E-state index in [1.807, 2.05) is 12.1 Å². The van der Waals surface area contributed by atoms with Gasteiger partial charge in [-0.15, -0.1) is 0 Å². The molecular formula is C23H18FN5O2. The van der Waals surface area contributed by atoms with Gasteiger partial charge in [-0.2, -0.15) is 5.26 Å². The summed E-state index contributed by atoms with van der Waals surface area (Å²) >= 11 is 0. The van der Waals surface area contributed by atoms with Crippen molar-refractivity contribution in [3.63, 3.8) is 0 Å². The molecule has 2 heterocycles. The van der Waals surface area contributed by atoms with Gasteiger partial charge in [-0.05, 0) is 60.7 Å². The normalized spacial score (nSPS) is 13.4. The maximum Gasteiger partial charge on any atom is 0.337 e. The van der Waals surface area contributed by atoms with Crippen LogP contribution in [0.15, 0.2) is 64.4 Å². The lowest BCUT2D eigenvalue weighted by molar-refractivity contribution is 0.567. The number of imidazole rings is 1. The molecule has 8 heteroatoms. The van der Waals surface area contributed by atoms with Gasteiger partial charge in [-0.3, -0.25) is 9.36 Å². The maximum absolute atomic E-state index is 13.5. The molecule has 7 nitrogen and oxygen atoms in total. The molecule has 5 rings (SSSR count). The Labute approximate surface area is 176 Å². The summed E-state index contributed by atoms with van der Waals surface area (Å²) in [6, 6.07) is 14.7. The molecule has 0 spiro atoms. The number of aromatic nitrogens is 4. The summed E-state index contributed by atoms with van der Waals surface area (Å²) in [5.41, 5.74) is 1.60. The molecule has 1 fully saturated rings. The van der Waals surface area contributed by atoms with Crippen LogP contribution >= 0.6 is 0 Å². The summed E-state index contributed by atoms with van der Waals surface area (Å²) in [6.07, 6.45) is 3.52. The fourth-order valence-corrected chi connectivity index (χ4v) is 3.72. The van der Waals surface area contributed by atoms with E-state index in [2.05, 4.69) is 11.1 Å². The van der Waals surface area contributed by atoms with Crippen LogP contribution in [0.3, 0.4) is 0 Å². The third-order valence-electron chi connectivity index (χ3n) is 5.56. The van der Waals surface area contributed by atoms with Crippen LogP contribution in [0.25, 0.3) is 16.9 Å². The van der Waals surface area contributed by atoms with E-state index < -0.39 is 11.5 Å². The predicted octanol–water partition coefficient (Wildman–Crippen LogP) is 2.82. The van der Waals surface area contributed by atoms with Crippen molar-refractivity contribution >= 4 is 11.2 Å². The number of fused-ring (bicyclic) bond motifs is 1. The summed E-state index contributed by atoms with van der Waals surface area (Å²) in [6.45, 7) is 0.722. The Morgan fingerprint density at radius 2 is 1.77 bits per heavy atom. The lowest BCUT2D eigenvalue weighted by Gasteiger charge is -2.12. The smallest absolute Gasteiger partial charge is 0.320 e. The Hall–Kier alpha value is -3.99. The molecule has 31 heavy (non-hydrogen) atoms. The zero-order chi connectivity index (χ0) is 21.5. The molecule has 0 saturated heterocycles. The van der Waals surface area contributed by atoms with Crippen LogP contribution in [0.1, 0.15) is 24.0 Å². The second-order valence-electron chi connectivity index (χ2n) is 7.81. The first-order valence-electron chi connectivity index (χ1n) is 10.0. The van der Waals surface area contributed by atoms with Crippen LogP contribution in [-0.2, 0) is 13.1 Å². The molecule has 2 aromatic carbocycles. The molecule has 1 saturated carbocycles. The van der Waals surface area contributed by atoms with Gasteiger partial charge in [0.15, 0.2) is 11.2 Å². The van der Waals surface area contributed by atoms with E-state index in [1.165, 1.54) is 39.7 Å². The molecule has 4 aromatic rings. The van der Waals surface area contributed by atoms with Gasteiger partial charge in [-0.25, -0.2) is 18.7 Å². The number of hydrogen-bond donors (Lipinski definition) is 0. The van der Waals surface area contributed by atoms with Gasteiger partial charge in [-0.1, -0.05) is 12.1 Å². The minimum Gasteiger partial charge on any atom is -0.320 e. The summed E-state index contributed by atoms with van der Waals surface area (Å²) in [7, 11) is 0. The molecule has 0 aliphatic heterocycles. The number of benzene rings is 2. The van der Waals surface area contributed by atoms with Crippen LogP contribution in [0.4, 0.5) is 4.39 Å². The average molecular weight is 415 g/mol. The van der Waals surface area contributed by atoms with Crippen LogP contribution < -0.4 is 11.2 Å². The van der Waals surface area contributed by atoms with Gasteiger partial charge in [0.1, 0.15) is 5.82 Å². The maximum atomic E-state index is 13.5. The summed E-state index contributed by atoms with van der Waals surface area (Å²) in [5, 5.41) is 8.99. The van der Waals surface area contributed by atoms with E-state index in [0.717, 1.165) is 18.4 Å². The van der Waals surface area contributed by atoms with E-state index in [-0.39, 0.29) is 11.2 Å². The lowest BCUT2D eigenvalue weighted by Crippen LogP contribution is -2.40. The Bertz CT molecular complexity index is 1440. The first-order chi connectivity index (χ1) is 15.0. The first kappa shape index (κ1) is 19.0. The predicted molar refractivity (Wildman–Crippen MR) is 113 cm³/mol. The lowest BCUT2D eigenvalue weighted by atomic mass is 10.1. The number of halogens is 1. The van der Waals surface area contributed by atoms with Gasteiger partial charge < -0.3 is 4.57 Å².